The molecular formula is C15H16ClNO2. The lowest BCUT2D eigenvalue weighted by atomic mass is 10.1. The van der Waals surface area contributed by atoms with Gasteiger partial charge in [-0.2, -0.15) is 0 Å². The van der Waals surface area contributed by atoms with E-state index >= 15 is 0 Å². The number of hydrogen-bond donors (Lipinski definition) is 1. The van der Waals surface area contributed by atoms with E-state index in [4.69, 9.17) is 20.8 Å². The number of fused-ring (bicyclic) bond motifs is 1. The van der Waals surface area contributed by atoms with Gasteiger partial charge in [0.2, 0.25) is 0 Å². The maximum absolute atomic E-state index is 6.13. The van der Waals surface area contributed by atoms with Crippen molar-refractivity contribution < 1.29 is 9.15 Å². The third-order valence-electron chi connectivity index (χ3n) is 3.24. The lowest BCUT2D eigenvalue weighted by Gasteiger charge is -2.09. The topological polar surface area (TPSA) is 34.4 Å². The van der Waals surface area contributed by atoms with Crippen LogP contribution in [-0.4, -0.2) is 6.61 Å². The average molecular weight is 278 g/mol. The van der Waals surface area contributed by atoms with Crippen molar-refractivity contribution in [1.29, 1.82) is 0 Å². The number of benzene rings is 1. The van der Waals surface area contributed by atoms with Crippen molar-refractivity contribution in [3.63, 3.8) is 0 Å². The summed E-state index contributed by atoms with van der Waals surface area (Å²) in [5, 5.41) is 4.13. The number of furan rings is 1. The van der Waals surface area contributed by atoms with Crippen LogP contribution in [0.15, 0.2) is 28.7 Å². The quantitative estimate of drug-likeness (QED) is 0.929. The molecule has 0 spiro atoms. The number of halogens is 1. The van der Waals surface area contributed by atoms with E-state index < -0.39 is 0 Å². The Bertz CT molecular complexity index is 592. The summed E-state index contributed by atoms with van der Waals surface area (Å²) in [6, 6.07) is 7.91. The van der Waals surface area contributed by atoms with Crippen LogP contribution in [0.2, 0.25) is 5.02 Å². The Morgan fingerprint density at radius 1 is 1.26 bits per heavy atom. The molecule has 0 amide bonds. The van der Waals surface area contributed by atoms with Gasteiger partial charge in [-0.15, -0.1) is 0 Å². The van der Waals surface area contributed by atoms with Crippen molar-refractivity contribution in [1.82, 2.24) is 5.32 Å². The molecule has 0 saturated carbocycles. The summed E-state index contributed by atoms with van der Waals surface area (Å²) in [7, 11) is 0. The number of rotatable bonds is 4. The highest BCUT2D eigenvalue weighted by Gasteiger charge is 2.17. The zero-order chi connectivity index (χ0) is 13.2. The molecule has 0 atom stereocenters. The van der Waals surface area contributed by atoms with Crippen LogP contribution in [0.1, 0.15) is 22.6 Å². The molecular weight excluding hydrogens is 262 g/mol. The van der Waals surface area contributed by atoms with Gasteiger partial charge in [0.25, 0.3) is 0 Å². The Morgan fingerprint density at radius 2 is 2.16 bits per heavy atom. The summed E-state index contributed by atoms with van der Waals surface area (Å²) in [6.07, 6.45) is 0.945. The molecule has 0 radical (unpaired) electrons. The second-order valence-electron chi connectivity index (χ2n) is 4.77. The van der Waals surface area contributed by atoms with Crippen molar-refractivity contribution in [2.24, 2.45) is 0 Å². The van der Waals surface area contributed by atoms with E-state index in [-0.39, 0.29) is 0 Å². The molecule has 3 rings (SSSR count). The van der Waals surface area contributed by atoms with E-state index in [1.54, 1.807) is 0 Å². The van der Waals surface area contributed by atoms with Crippen molar-refractivity contribution >= 4 is 11.6 Å². The molecule has 100 valence electrons. The van der Waals surface area contributed by atoms with E-state index in [1.165, 1.54) is 5.56 Å². The Morgan fingerprint density at radius 3 is 2.95 bits per heavy atom. The predicted molar refractivity (Wildman–Crippen MR) is 74.6 cm³/mol. The molecule has 0 saturated heterocycles. The first-order chi connectivity index (χ1) is 9.22. The van der Waals surface area contributed by atoms with Crippen LogP contribution in [-0.2, 0) is 19.5 Å². The second-order valence-corrected chi connectivity index (χ2v) is 5.20. The molecule has 1 aliphatic rings. The van der Waals surface area contributed by atoms with Gasteiger partial charge in [0.1, 0.15) is 17.3 Å². The van der Waals surface area contributed by atoms with E-state index in [9.17, 15) is 0 Å². The van der Waals surface area contributed by atoms with Gasteiger partial charge in [-0.05, 0) is 36.8 Å². The molecule has 3 nitrogen and oxygen atoms in total. The zero-order valence-electron chi connectivity index (χ0n) is 10.8. The fourth-order valence-corrected chi connectivity index (χ4v) is 2.64. The molecule has 2 heterocycles. The highest BCUT2D eigenvalue weighted by Crippen LogP contribution is 2.32. The van der Waals surface area contributed by atoms with Gasteiger partial charge in [-0.3, -0.25) is 0 Å². The molecule has 1 aromatic heterocycles. The summed E-state index contributed by atoms with van der Waals surface area (Å²) in [5.74, 6) is 2.87. The summed E-state index contributed by atoms with van der Waals surface area (Å²) < 4.78 is 11.2. The van der Waals surface area contributed by atoms with E-state index in [0.29, 0.717) is 6.54 Å². The number of hydrogen-bond acceptors (Lipinski definition) is 3. The fraction of sp³-hybridized carbons (Fsp3) is 0.333. The molecule has 1 aliphatic heterocycles. The average Bonchev–Trinajstić information content (AvgIpc) is 2.98. The minimum atomic E-state index is 0.703. The molecule has 0 unspecified atom stereocenters. The summed E-state index contributed by atoms with van der Waals surface area (Å²) >= 11 is 6.13. The van der Waals surface area contributed by atoms with Crippen LogP contribution in [0.4, 0.5) is 0 Å². The summed E-state index contributed by atoms with van der Waals surface area (Å²) in [6.45, 7) is 4.12. The minimum Gasteiger partial charge on any atom is -0.493 e. The largest absolute Gasteiger partial charge is 0.493 e. The zero-order valence-corrected chi connectivity index (χ0v) is 11.6. The van der Waals surface area contributed by atoms with Crippen molar-refractivity contribution in [2.45, 2.75) is 26.4 Å². The summed E-state index contributed by atoms with van der Waals surface area (Å²) in [4.78, 5) is 0. The van der Waals surface area contributed by atoms with Crippen LogP contribution < -0.4 is 10.1 Å². The normalized spacial score (nSPS) is 13.4. The molecule has 4 heteroatoms. The molecule has 0 bridgehead atoms. The van der Waals surface area contributed by atoms with Gasteiger partial charge in [0.15, 0.2) is 0 Å². The predicted octanol–water partition coefficient (Wildman–Crippen LogP) is 3.47. The van der Waals surface area contributed by atoms with Crippen LogP contribution in [0.5, 0.6) is 5.75 Å². The van der Waals surface area contributed by atoms with Gasteiger partial charge in [0.05, 0.1) is 13.2 Å². The fourth-order valence-electron chi connectivity index (χ4n) is 2.38. The lowest BCUT2D eigenvalue weighted by molar-refractivity contribution is 0.352. The molecule has 1 aromatic carbocycles. The van der Waals surface area contributed by atoms with E-state index in [1.807, 2.05) is 31.2 Å². The maximum atomic E-state index is 6.13. The van der Waals surface area contributed by atoms with Crippen LogP contribution in [0.25, 0.3) is 0 Å². The first-order valence-corrected chi connectivity index (χ1v) is 6.80. The SMILES string of the molecule is Cc1ccc(CNCc2cc(Cl)cc3c2OCC3)o1. The second kappa shape index (κ2) is 5.27. The molecule has 0 fully saturated rings. The van der Waals surface area contributed by atoms with E-state index in [0.717, 1.165) is 47.4 Å². The molecule has 0 aliphatic carbocycles. The number of aryl methyl sites for hydroxylation is 1. The van der Waals surface area contributed by atoms with E-state index in [2.05, 4.69) is 5.32 Å². The van der Waals surface area contributed by atoms with Gasteiger partial charge >= 0.3 is 0 Å². The number of ether oxygens (including phenoxy) is 1. The molecule has 1 N–H and O–H groups in total. The van der Waals surface area contributed by atoms with Gasteiger partial charge in [-0.1, -0.05) is 11.6 Å². The third kappa shape index (κ3) is 2.77. The highest BCUT2D eigenvalue weighted by molar-refractivity contribution is 6.30. The Labute approximate surface area is 117 Å². The minimum absolute atomic E-state index is 0.703. The Hall–Kier alpha value is -1.45. The smallest absolute Gasteiger partial charge is 0.127 e. The maximum Gasteiger partial charge on any atom is 0.127 e. The monoisotopic (exact) mass is 277 g/mol. The lowest BCUT2D eigenvalue weighted by Crippen LogP contribution is -2.12. The van der Waals surface area contributed by atoms with Crippen molar-refractivity contribution in [3.05, 3.63) is 51.9 Å². The van der Waals surface area contributed by atoms with Gasteiger partial charge in [0, 0.05) is 23.6 Å². The Kier molecular flexibility index (Phi) is 3.49. The van der Waals surface area contributed by atoms with Gasteiger partial charge in [-0.25, -0.2) is 0 Å². The Balaban J connectivity index is 1.67. The van der Waals surface area contributed by atoms with Crippen LogP contribution >= 0.6 is 11.6 Å². The van der Waals surface area contributed by atoms with Crippen molar-refractivity contribution in [2.75, 3.05) is 6.61 Å². The van der Waals surface area contributed by atoms with Crippen LogP contribution in [0.3, 0.4) is 0 Å². The third-order valence-corrected chi connectivity index (χ3v) is 3.45. The van der Waals surface area contributed by atoms with Crippen molar-refractivity contribution in [3.8, 4) is 5.75 Å². The molecule has 19 heavy (non-hydrogen) atoms. The standard InChI is InChI=1S/C15H16ClNO2/c1-10-2-3-14(19-10)9-17-8-12-7-13(16)6-11-4-5-18-15(11)12/h2-3,6-7,17H,4-5,8-9H2,1H3. The first kappa shape index (κ1) is 12.6. The molecule has 2 aromatic rings. The first-order valence-electron chi connectivity index (χ1n) is 6.42. The highest BCUT2D eigenvalue weighted by atomic mass is 35.5. The van der Waals surface area contributed by atoms with Gasteiger partial charge < -0.3 is 14.5 Å². The van der Waals surface area contributed by atoms with Crippen LogP contribution in [0, 0.1) is 6.92 Å². The number of nitrogens with one attached hydrogen (secondary N) is 1. The summed E-state index contributed by atoms with van der Waals surface area (Å²) in [5.41, 5.74) is 2.32.